The van der Waals surface area contributed by atoms with E-state index in [9.17, 15) is 13.2 Å². The van der Waals surface area contributed by atoms with Gasteiger partial charge in [0.1, 0.15) is 11.8 Å². The molecule has 0 saturated carbocycles. The average molecular weight is 364 g/mol. The lowest BCUT2D eigenvalue weighted by Crippen LogP contribution is -2.36. The zero-order valence-electron chi connectivity index (χ0n) is 13.0. The van der Waals surface area contributed by atoms with E-state index in [1.54, 1.807) is 12.1 Å². The van der Waals surface area contributed by atoms with Crippen molar-refractivity contribution in [2.45, 2.75) is 30.2 Å². The molecule has 1 atom stereocenters. The Balaban J connectivity index is 0.00000264. The summed E-state index contributed by atoms with van der Waals surface area (Å²) >= 11 is 0. The van der Waals surface area contributed by atoms with E-state index in [-0.39, 0.29) is 23.3 Å². The molecule has 1 aromatic rings. The molecule has 1 heterocycles. The smallest absolute Gasteiger partial charge is 0.320 e. The summed E-state index contributed by atoms with van der Waals surface area (Å²) in [6, 6.07) is 5.93. The van der Waals surface area contributed by atoms with Crippen molar-refractivity contribution >= 4 is 28.2 Å². The maximum Gasteiger partial charge on any atom is 0.320 e. The van der Waals surface area contributed by atoms with Crippen LogP contribution in [0.3, 0.4) is 0 Å². The van der Waals surface area contributed by atoms with Crippen LogP contribution in [0.2, 0.25) is 0 Å². The molecule has 0 amide bonds. The number of sulfone groups is 1. The van der Waals surface area contributed by atoms with Crippen LogP contribution in [0.15, 0.2) is 29.2 Å². The third kappa shape index (κ3) is 5.67. The average Bonchev–Trinajstić information content (AvgIpc) is 2.92. The minimum atomic E-state index is -3.19. The molecule has 0 bridgehead atoms. The van der Waals surface area contributed by atoms with Crippen LogP contribution in [0.5, 0.6) is 5.75 Å². The number of carboxylic acid groups (broad SMARTS) is 1. The highest BCUT2D eigenvalue weighted by Crippen LogP contribution is 2.18. The fraction of sp³-hybridized carbons (Fsp3) is 0.533. The summed E-state index contributed by atoms with van der Waals surface area (Å²) in [5.74, 6) is -0.140. The normalized spacial score (nSPS) is 18.4. The van der Waals surface area contributed by atoms with Crippen LogP contribution in [0, 0.1) is 0 Å². The fourth-order valence-corrected chi connectivity index (χ4v) is 3.24. The van der Waals surface area contributed by atoms with Crippen LogP contribution in [-0.4, -0.2) is 56.4 Å². The second-order valence-electron chi connectivity index (χ2n) is 5.48. The first kappa shape index (κ1) is 19.7. The number of benzene rings is 1. The van der Waals surface area contributed by atoms with E-state index in [0.29, 0.717) is 25.3 Å². The van der Waals surface area contributed by atoms with Crippen LogP contribution in [-0.2, 0) is 14.6 Å². The van der Waals surface area contributed by atoms with Gasteiger partial charge in [0, 0.05) is 12.8 Å². The Bertz CT molecular complexity index is 617. The molecule has 0 aliphatic carbocycles. The Morgan fingerprint density at radius 2 is 2.00 bits per heavy atom. The highest BCUT2D eigenvalue weighted by atomic mass is 35.5. The van der Waals surface area contributed by atoms with Gasteiger partial charge in [0.05, 0.1) is 11.5 Å². The fourth-order valence-electron chi connectivity index (χ4n) is 2.61. The number of hydrogen-bond donors (Lipinski definition) is 1. The lowest BCUT2D eigenvalue weighted by Gasteiger charge is -2.20. The molecule has 0 radical (unpaired) electrons. The standard InChI is InChI=1S/C15H21NO5S.ClH/c1-22(19,20)13-7-5-12(6-8-13)21-11-3-10-16-9-2-4-14(16)15(17)18;/h5-8,14H,2-4,9-11H2,1H3,(H,17,18);1H. The monoisotopic (exact) mass is 363 g/mol. The molecule has 0 spiro atoms. The third-order valence-corrected chi connectivity index (χ3v) is 4.89. The largest absolute Gasteiger partial charge is 0.494 e. The zero-order chi connectivity index (χ0) is 16.2. The molecular formula is C15H22ClNO5S. The summed E-state index contributed by atoms with van der Waals surface area (Å²) < 4.78 is 28.2. The predicted octanol–water partition coefficient (Wildman–Crippen LogP) is 1.83. The molecule has 1 N–H and O–H groups in total. The summed E-state index contributed by atoms with van der Waals surface area (Å²) in [4.78, 5) is 13.3. The molecule has 1 aliphatic heterocycles. The second-order valence-corrected chi connectivity index (χ2v) is 7.49. The number of likely N-dealkylation sites (tertiary alicyclic amines) is 1. The summed E-state index contributed by atoms with van der Waals surface area (Å²) in [5, 5.41) is 9.09. The van der Waals surface area contributed by atoms with Crippen molar-refractivity contribution in [1.82, 2.24) is 4.90 Å². The molecule has 130 valence electrons. The van der Waals surface area contributed by atoms with Gasteiger partial charge in [0.15, 0.2) is 9.84 Å². The van der Waals surface area contributed by atoms with Gasteiger partial charge >= 0.3 is 5.97 Å². The number of ether oxygens (including phenoxy) is 1. The van der Waals surface area contributed by atoms with Crippen molar-refractivity contribution in [1.29, 1.82) is 0 Å². The quantitative estimate of drug-likeness (QED) is 0.744. The minimum absolute atomic E-state index is 0. The predicted molar refractivity (Wildman–Crippen MR) is 89.1 cm³/mol. The third-order valence-electron chi connectivity index (χ3n) is 3.76. The second kappa shape index (κ2) is 8.52. The van der Waals surface area contributed by atoms with Gasteiger partial charge in [-0.15, -0.1) is 12.4 Å². The zero-order valence-corrected chi connectivity index (χ0v) is 14.6. The number of aliphatic carboxylic acids is 1. The lowest BCUT2D eigenvalue weighted by molar-refractivity contribution is -0.142. The molecule has 0 aromatic heterocycles. The Hall–Kier alpha value is -1.31. The maximum absolute atomic E-state index is 11.3. The first-order chi connectivity index (χ1) is 10.4. The van der Waals surface area contributed by atoms with E-state index < -0.39 is 15.8 Å². The molecule has 8 heteroatoms. The van der Waals surface area contributed by atoms with Gasteiger partial charge in [-0.1, -0.05) is 0 Å². The van der Waals surface area contributed by atoms with E-state index in [1.807, 2.05) is 4.90 Å². The Kier molecular flexibility index (Phi) is 7.31. The van der Waals surface area contributed by atoms with Gasteiger partial charge in [0.2, 0.25) is 0 Å². The number of nitrogens with zero attached hydrogens (tertiary/aromatic N) is 1. The summed E-state index contributed by atoms with van der Waals surface area (Å²) in [7, 11) is -3.19. The highest BCUT2D eigenvalue weighted by molar-refractivity contribution is 7.90. The molecule has 2 rings (SSSR count). The van der Waals surface area contributed by atoms with Gasteiger partial charge in [-0.2, -0.15) is 0 Å². The molecule has 1 fully saturated rings. The van der Waals surface area contributed by atoms with Crippen molar-refractivity contribution in [2.75, 3.05) is 26.0 Å². The van der Waals surface area contributed by atoms with Crippen LogP contribution in [0.1, 0.15) is 19.3 Å². The number of carbonyl (C=O) groups is 1. The summed E-state index contributed by atoms with van der Waals surface area (Å²) in [5.41, 5.74) is 0. The Morgan fingerprint density at radius 1 is 1.35 bits per heavy atom. The summed E-state index contributed by atoms with van der Waals surface area (Å²) in [6.07, 6.45) is 3.53. The number of hydrogen-bond acceptors (Lipinski definition) is 5. The van der Waals surface area contributed by atoms with E-state index >= 15 is 0 Å². The molecule has 1 unspecified atom stereocenters. The number of halogens is 1. The molecule has 1 aliphatic rings. The van der Waals surface area contributed by atoms with Crippen molar-refractivity contribution < 1.29 is 23.1 Å². The maximum atomic E-state index is 11.3. The lowest BCUT2D eigenvalue weighted by atomic mass is 10.2. The van der Waals surface area contributed by atoms with Crippen molar-refractivity contribution in [3.05, 3.63) is 24.3 Å². The van der Waals surface area contributed by atoms with Gasteiger partial charge in [-0.05, 0) is 50.1 Å². The Morgan fingerprint density at radius 3 is 2.57 bits per heavy atom. The van der Waals surface area contributed by atoms with Gasteiger partial charge in [-0.25, -0.2) is 8.42 Å². The van der Waals surface area contributed by atoms with Crippen LogP contribution in [0.4, 0.5) is 0 Å². The summed E-state index contributed by atoms with van der Waals surface area (Å²) in [6.45, 7) is 1.99. The van der Waals surface area contributed by atoms with E-state index in [4.69, 9.17) is 9.84 Å². The SMILES string of the molecule is CS(=O)(=O)c1ccc(OCCCN2CCCC2C(=O)O)cc1.Cl. The molecule has 6 nitrogen and oxygen atoms in total. The molecular weight excluding hydrogens is 342 g/mol. The van der Waals surface area contributed by atoms with Crippen LogP contribution in [0.25, 0.3) is 0 Å². The Labute approximate surface area is 142 Å². The van der Waals surface area contributed by atoms with Crippen molar-refractivity contribution in [3.63, 3.8) is 0 Å². The number of carboxylic acids is 1. The molecule has 1 saturated heterocycles. The van der Waals surface area contributed by atoms with Crippen LogP contribution >= 0.6 is 12.4 Å². The minimum Gasteiger partial charge on any atom is -0.494 e. The van der Waals surface area contributed by atoms with Gasteiger partial charge in [-0.3, -0.25) is 9.69 Å². The van der Waals surface area contributed by atoms with Crippen molar-refractivity contribution in [2.24, 2.45) is 0 Å². The molecule has 1 aromatic carbocycles. The van der Waals surface area contributed by atoms with Crippen LogP contribution < -0.4 is 4.74 Å². The van der Waals surface area contributed by atoms with E-state index in [2.05, 4.69) is 0 Å². The first-order valence-electron chi connectivity index (χ1n) is 7.28. The molecule has 23 heavy (non-hydrogen) atoms. The van der Waals surface area contributed by atoms with Crippen molar-refractivity contribution in [3.8, 4) is 5.75 Å². The first-order valence-corrected chi connectivity index (χ1v) is 9.17. The number of rotatable bonds is 7. The van der Waals surface area contributed by atoms with E-state index in [0.717, 1.165) is 25.6 Å². The topological polar surface area (TPSA) is 83.9 Å². The highest BCUT2D eigenvalue weighted by Gasteiger charge is 2.29. The van der Waals surface area contributed by atoms with Gasteiger partial charge in [0.25, 0.3) is 0 Å². The van der Waals surface area contributed by atoms with E-state index in [1.165, 1.54) is 12.1 Å². The van der Waals surface area contributed by atoms with Gasteiger partial charge < -0.3 is 9.84 Å².